The molecule has 0 N–H and O–H groups in total. The van der Waals surface area contributed by atoms with E-state index in [-0.39, 0.29) is 0 Å². The van der Waals surface area contributed by atoms with E-state index in [4.69, 9.17) is 4.74 Å². The Hall–Kier alpha value is -1.52. The molecule has 0 unspecified atom stereocenters. The van der Waals surface area contributed by atoms with Crippen LogP contribution in [-0.2, 0) is 10.9 Å². The first-order valence-corrected chi connectivity index (χ1v) is 4.92. The molecule has 1 aliphatic rings. The Morgan fingerprint density at radius 2 is 2.06 bits per heavy atom. The lowest BCUT2D eigenvalue weighted by molar-refractivity contribution is -0.137. The third-order valence-corrected chi connectivity index (χ3v) is 2.23. The van der Waals surface area contributed by atoms with Crippen molar-refractivity contribution in [2.24, 2.45) is 4.99 Å². The highest BCUT2D eigenvalue weighted by Gasteiger charge is 2.30. The molecule has 2 rings (SSSR count). The smallest absolute Gasteiger partial charge is 0.416 e. The maximum Gasteiger partial charge on any atom is 0.416 e. The molecule has 0 atom stereocenters. The lowest BCUT2D eigenvalue weighted by Gasteiger charge is -2.15. The highest BCUT2D eigenvalue weighted by Crippen LogP contribution is 2.29. The summed E-state index contributed by atoms with van der Waals surface area (Å²) in [5.74, 6) is 0.303. The van der Waals surface area contributed by atoms with Crippen LogP contribution >= 0.6 is 0 Å². The van der Waals surface area contributed by atoms with E-state index in [1.54, 1.807) is 6.07 Å². The molecule has 0 amide bonds. The average Bonchev–Trinajstić information content (AvgIpc) is 2.29. The van der Waals surface area contributed by atoms with Gasteiger partial charge in [-0.15, -0.1) is 0 Å². The minimum absolute atomic E-state index is 0.303. The van der Waals surface area contributed by atoms with Gasteiger partial charge in [0.25, 0.3) is 0 Å². The van der Waals surface area contributed by atoms with Crippen molar-refractivity contribution in [3.63, 3.8) is 0 Å². The zero-order valence-electron chi connectivity index (χ0n) is 8.42. The largest absolute Gasteiger partial charge is 0.477 e. The molecule has 0 fully saturated rings. The van der Waals surface area contributed by atoms with Crippen molar-refractivity contribution in [1.29, 1.82) is 0 Å². The van der Waals surface area contributed by atoms with Gasteiger partial charge in [-0.05, 0) is 18.2 Å². The quantitative estimate of drug-likeness (QED) is 0.725. The van der Waals surface area contributed by atoms with Crippen molar-refractivity contribution in [2.45, 2.75) is 12.6 Å². The van der Waals surface area contributed by atoms with Crippen LogP contribution in [0.2, 0.25) is 0 Å². The lowest BCUT2D eigenvalue weighted by atomic mass is 10.1. The van der Waals surface area contributed by atoms with Gasteiger partial charge in [-0.2, -0.15) is 13.2 Å². The van der Waals surface area contributed by atoms with Gasteiger partial charge in [-0.25, -0.2) is 0 Å². The van der Waals surface area contributed by atoms with Gasteiger partial charge in [0.1, 0.15) is 0 Å². The summed E-state index contributed by atoms with van der Waals surface area (Å²) >= 11 is 0. The topological polar surface area (TPSA) is 21.6 Å². The Morgan fingerprint density at radius 1 is 1.25 bits per heavy atom. The number of ether oxygens (including phenoxy) is 1. The second-order valence-corrected chi connectivity index (χ2v) is 3.47. The summed E-state index contributed by atoms with van der Waals surface area (Å²) in [7, 11) is 0. The predicted molar refractivity (Wildman–Crippen MR) is 53.4 cm³/mol. The van der Waals surface area contributed by atoms with Gasteiger partial charge in [0.05, 0.1) is 12.2 Å². The Morgan fingerprint density at radius 3 is 2.69 bits per heavy atom. The zero-order chi connectivity index (χ0) is 11.6. The van der Waals surface area contributed by atoms with E-state index >= 15 is 0 Å². The van der Waals surface area contributed by atoms with Crippen LogP contribution in [0.3, 0.4) is 0 Å². The third-order valence-electron chi connectivity index (χ3n) is 2.23. The summed E-state index contributed by atoms with van der Waals surface area (Å²) in [5.41, 5.74) is -0.295. The average molecular weight is 229 g/mol. The van der Waals surface area contributed by atoms with Crippen LogP contribution in [0.15, 0.2) is 29.3 Å². The number of halogens is 3. The molecule has 0 radical (unpaired) electrons. The maximum absolute atomic E-state index is 12.5. The normalized spacial score (nSPS) is 16.6. The number of aliphatic imine (C=N–C) groups is 1. The Balaban J connectivity index is 2.32. The molecule has 16 heavy (non-hydrogen) atoms. The molecule has 0 saturated carbocycles. The lowest BCUT2D eigenvalue weighted by Crippen LogP contribution is -2.15. The molecule has 0 aromatic heterocycles. The van der Waals surface area contributed by atoms with E-state index in [0.29, 0.717) is 24.6 Å². The first-order chi connectivity index (χ1) is 7.57. The molecule has 5 heteroatoms. The van der Waals surface area contributed by atoms with Gasteiger partial charge in [0, 0.05) is 18.5 Å². The maximum atomic E-state index is 12.5. The van der Waals surface area contributed by atoms with Crippen LogP contribution in [0.4, 0.5) is 13.2 Å². The fraction of sp³-hybridized carbons (Fsp3) is 0.364. The number of hydrogen-bond donors (Lipinski definition) is 0. The van der Waals surface area contributed by atoms with Crippen LogP contribution in [-0.4, -0.2) is 19.0 Å². The van der Waals surface area contributed by atoms with Gasteiger partial charge in [0.15, 0.2) is 0 Å². The minimum atomic E-state index is -4.33. The molecule has 86 valence electrons. The summed E-state index contributed by atoms with van der Waals surface area (Å²) in [6.45, 7) is 1.11. The second-order valence-electron chi connectivity index (χ2n) is 3.47. The molecule has 0 aliphatic carbocycles. The SMILES string of the molecule is FC(F)(F)c1cccc(C2=NCCCO2)c1. The molecular weight excluding hydrogens is 219 g/mol. The first-order valence-electron chi connectivity index (χ1n) is 4.92. The van der Waals surface area contributed by atoms with E-state index < -0.39 is 11.7 Å². The molecule has 0 spiro atoms. The number of rotatable bonds is 1. The predicted octanol–water partition coefficient (Wildman–Crippen LogP) is 2.87. The van der Waals surface area contributed by atoms with Gasteiger partial charge in [-0.3, -0.25) is 4.99 Å². The van der Waals surface area contributed by atoms with E-state index in [2.05, 4.69) is 4.99 Å². The van der Waals surface area contributed by atoms with E-state index in [9.17, 15) is 13.2 Å². The summed E-state index contributed by atoms with van der Waals surface area (Å²) < 4.78 is 42.6. The van der Waals surface area contributed by atoms with E-state index in [1.807, 2.05) is 0 Å². The summed E-state index contributed by atoms with van der Waals surface area (Å²) in [5, 5.41) is 0. The number of hydrogen-bond acceptors (Lipinski definition) is 2. The van der Waals surface area contributed by atoms with Crippen LogP contribution in [0.25, 0.3) is 0 Å². The number of benzene rings is 1. The first kappa shape index (κ1) is 11.0. The molecule has 2 nitrogen and oxygen atoms in total. The van der Waals surface area contributed by atoms with Crippen molar-refractivity contribution in [1.82, 2.24) is 0 Å². The fourth-order valence-corrected chi connectivity index (χ4v) is 1.46. The van der Waals surface area contributed by atoms with Crippen LogP contribution < -0.4 is 0 Å². The molecule has 1 aromatic carbocycles. The summed E-state index contributed by atoms with van der Waals surface area (Å²) in [4.78, 5) is 4.05. The van der Waals surface area contributed by atoms with Gasteiger partial charge in [-0.1, -0.05) is 6.07 Å². The Bertz CT molecular complexity index is 412. The second kappa shape index (κ2) is 4.15. The molecule has 0 bridgehead atoms. The number of alkyl halides is 3. The Labute approximate surface area is 90.8 Å². The standard InChI is InChI=1S/C11H10F3NO/c12-11(13,14)9-4-1-3-8(7-9)10-15-5-2-6-16-10/h1,3-4,7H,2,5-6H2. The van der Waals surface area contributed by atoms with Gasteiger partial charge in [0.2, 0.25) is 5.90 Å². The minimum Gasteiger partial charge on any atom is -0.477 e. The van der Waals surface area contributed by atoms with Crippen molar-refractivity contribution in [3.05, 3.63) is 35.4 Å². The van der Waals surface area contributed by atoms with Crippen molar-refractivity contribution < 1.29 is 17.9 Å². The molecule has 0 saturated heterocycles. The summed E-state index contributed by atoms with van der Waals surface area (Å²) in [6, 6.07) is 5.02. The molecular formula is C11H10F3NO. The van der Waals surface area contributed by atoms with Gasteiger partial charge < -0.3 is 4.74 Å². The fourth-order valence-electron chi connectivity index (χ4n) is 1.46. The Kier molecular flexibility index (Phi) is 2.85. The van der Waals surface area contributed by atoms with Crippen molar-refractivity contribution >= 4 is 5.90 Å². The molecule has 1 aliphatic heterocycles. The number of nitrogens with zero attached hydrogens (tertiary/aromatic N) is 1. The highest BCUT2D eigenvalue weighted by molar-refractivity contribution is 5.94. The highest BCUT2D eigenvalue weighted by atomic mass is 19.4. The third kappa shape index (κ3) is 2.35. The summed E-state index contributed by atoms with van der Waals surface area (Å²) in [6.07, 6.45) is -3.52. The van der Waals surface area contributed by atoms with Gasteiger partial charge >= 0.3 is 6.18 Å². The monoisotopic (exact) mass is 229 g/mol. The van der Waals surface area contributed by atoms with E-state index in [0.717, 1.165) is 18.6 Å². The zero-order valence-corrected chi connectivity index (χ0v) is 8.42. The van der Waals surface area contributed by atoms with E-state index in [1.165, 1.54) is 6.07 Å². The van der Waals surface area contributed by atoms with Crippen LogP contribution in [0.1, 0.15) is 17.5 Å². The van der Waals surface area contributed by atoms with Crippen molar-refractivity contribution in [2.75, 3.05) is 13.2 Å². The van der Waals surface area contributed by atoms with Crippen LogP contribution in [0.5, 0.6) is 0 Å². The van der Waals surface area contributed by atoms with Crippen LogP contribution in [0, 0.1) is 0 Å². The molecule has 1 heterocycles. The van der Waals surface area contributed by atoms with Crippen molar-refractivity contribution in [3.8, 4) is 0 Å². The molecule has 1 aromatic rings.